The zero-order chi connectivity index (χ0) is 15.4. The number of halogens is 1. The Bertz CT molecular complexity index is 513. The molecule has 1 aliphatic carbocycles. The fourth-order valence-electron chi connectivity index (χ4n) is 1.64. The first-order valence-corrected chi connectivity index (χ1v) is 6.89. The van der Waals surface area contributed by atoms with Crippen molar-refractivity contribution in [3.05, 3.63) is 30.1 Å². The van der Waals surface area contributed by atoms with Crippen LogP contribution in [-0.4, -0.2) is 30.1 Å². The smallest absolute Gasteiger partial charge is 0.347 e. The fraction of sp³-hybridized carbons (Fsp3) is 0.467. The topological polar surface area (TPSA) is 64.6 Å². The fourth-order valence-corrected chi connectivity index (χ4v) is 1.64. The molecule has 1 saturated carbocycles. The SMILES string of the molecule is C[C@@H](OC(=O)[C@@H](C)Oc1ccc(F)cc1)C(=O)NC1CC1. The normalized spacial score (nSPS) is 16.7. The molecule has 0 aromatic heterocycles. The average Bonchev–Trinajstić information content (AvgIpc) is 3.25. The first kappa shape index (κ1) is 15.3. The minimum absolute atomic E-state index is 0.214. The molecule has 1 amide bonds. The predicted molar refractivity (Wildman–Crippen MR) is 73.2 cm³/mol. The highest BCUT2D eigenvalue weighted by Gasteiger charge is 2.28. The van der Waals surface area contributed by atoms with Gasteiger partial charge in [0.2, 0.25) is 0 Å². The van der Waals surface area contributed by atoms with E-state index < -0.39 is 18.2 Å². The van der Waals surface area contributed by atoms with E-state index in [0.29, 0.717) is 5.75 Å². The number of amides is 1. The number of rotatable bonds is 6. The predicted octanol–water partition coefficient (Wildman–Crippen LogP) is 1.80. The Morgan fingerprint density at radius 2 is 1.81 bits per heavy atom. The van der Waals surface area contributed by atoms with Crippen molar-refractivity contribution in [2.45, 2.75) is 44.9 Å². The Morgan fingerprint density at radius 1 is 1.19 bits per heavy atom. The summed E-state index contributed by atoms with van der Waals surface area (Å²) in [4.78, 5) is 23.5. The molecule has 0 radical (unpaired) electrons. The molecule has 0 bridgehead atoms. The molecular weight excluding hydrogens is 277 g/mol. The zero-order valence-electron chi connectivity index (χ0n) is 12.0. The Hall–Kier alpha value is -2.11. The third-order valence-corrected chi connectivity index (χ3v) is 3.04. The Kier molecular flexibility index (Phi) is 4.77. The lowest BCUT2D eigenvalue weighted by Crippen LogP contribution is -2.39. The van der Waals surface area contributed by atoms with Crippen LogP contribution in [0.4, 0.5) is 4.39 Å². The third-order valence-electron chi connectivity index (χ3n) is 3.04. The van der Waals surface area contributed by atoms with E-state index in [1.165, 1.54) is 38.1 Å². The molecule has 0 spiro atoms. The molecule has 1 aromatic carbocycles. The van der Waals surface area contributed by atoms with Gasteiger partial charge in [0.1, 0.15) is 11.6 Å². The molecule has 21 heavy (non-hydrogen) atoms. The molecule has 1 fully saturated rings. The second-order valence-electron chi connectivity index (χ2n) is 5.08. The maximum Gasteiger partial charge on any atom is 0.347 e. The molecule has 1 aromatic rings. The standard InChI is InChI=1S/C15H18FNO4/c1-9(14(18)17-12-5-6-12)21-15(19)10(2)20-13-7-3-11(16)4-8-13/h3-4,7-10,12H,5-6H2,1-2H3,(H,17,18)/t9-,10-/m1/s1. The van der Waals surface area contributed by atoms with Gasteiger partial charge in [-0.2, -0.15) is 0 Å². The van der Waals surface area contributed by atoms with Crippen LogP contribution < -0.4 is 10.1 Å². The highest BCUT2D eigenvalue weighted by atomic mass is 19.1. The summed E-state index contributed by atoms with van der Waals surface area (Å²) < 4.78 is 23.1. The maximum atomic E-state index is 12.8. The maximum absolute atomic E-state index is 12.8. The van der Waals surface area contributed by atoms with Gasteiger partial charge in [0.15, 0.2) is 12.2 Å². The molecule has 2 rings (SSSR count). The van der Waals surface area contributed by atoms with Crippen LogP contribution in [-0.2, 0) is 14.3 Å². The molecule has 1 aliphatic rings. The molecule has 0 heterocycles. The van der Waals surface area contributed by atoms with Crippen molar-refractivity contribution in [2.75, 3.05) is 0 Å². The Labute approximate surface area is 122 Å². The number of hydrogen-bond donors (Lipinski definition) is 1. The second-order valence-corrected chi connectivity index (χ2v) is 5.08. The molecule has 0 unspecified atom stereocenters. The van der Waals surface area contributed by atoms with Crippen molar-refractivity contribution >= 4 is 11.9 Å². The van der Waals surface area contributed by atoms with Gasteiger partial charge in [0.25, 0.3) is 5.91 Å². The van der Waals surface area contributed by atoms with Crippen molar-refractivity contribution in [1.29, 1.82) is 0 Å². The first-order chi connectivity index (χ1) is 9.95. The van der Waals surface area contributed by atoms with Crippen LogP contribution in [0.15, 0.2) is 24.3 Å². The minimum Gasteiger partial charge on any atom is -0.479 e. The van der Waals surface area contributed by atoms with Gasteiger partial charge in [0, 0.05) is 6.04 Å². The van der Waals surface area contributed by atoms with E-state index in [2.05, 4.69) is 5.32 Å². The van der Waals surface area contributed by atoms with Crippen LogP contribution in [0, 0.1) is 5.82 Å². The van der Waals surface area contributed by atoms with Crippen molar-refractivity contribution < 1.29 is 23.5 Å². The van der Waals surface area contributed by atoms with Crippen LogP contribution in [0.25, 0.3) is 0 Å². The summed E-state index contributed by atoms with van der Waals surface area (Å²) in [5, 5.41) is 2.76. The van der Waals surface area contributed by atoms with Gasteiger partial charge in [-0.05, 0) is 51.0 Å². The van der Waals surface area contributed by atoms with Gasteiger partial charge in [-0.25, -0.2) is 9.18 Å². The molecular formula is C15H18FNO4. The number of hydrogen-bond acceptors (Lipinski definition) is 4. The van der Waals surface area contributed by atoms with Gasteiger partial charge < -0.3 is 14.8 Å². The van der Waals surface area contributed by atoms with Crippen molar-refractivity contribution in [2.24, 2.45) is 0 Å². The Morgan fingerprint density at radius 3 is 2.38 bits per heavy atom. The van der Waals surface area contributed by atoms with E-state index in [9.17, 15) is 14.0 Å². The molecule has 2 atom stereocenters. The lowest BCUT2D eigenvalue weighted by molar-refractivity contribution is -0.160. The molecule has 114 valence electrons. The average molecular weight is 295 g/mol. The van der Waals surface area contributed by atoms with Gasteiger partial charge in [-0.1, -0.05) is 0 Å². The number of nitrogens with one attached hydrogen (secondary N) is 1. The lowest BCUT2D eigenvalue weighted by atomic mass is 10.3. The number of esters is 1. The first-order valence-electron chi connectivity index (χ1n) is 6.89. The molecule has 1 N–H and O–H groups in total. The molecule has 0 aliphatic heterocycles. The van der Waals surface area contributed by atoms with E-state index in [1.54, 1.807) is 0 Å². The zero-order valence-corrected chi connectivity index (χ0v) is 12.0. The summed E-state index contributed by atoms with van der Waals surface area (Å²) in [5.74, 6) is -0.975. The molecule has 0 saturated heterocycles. The van der Waals surface area contributed by atoms with Crippen LogP contribution in [0.1, 0.15) is 26.7 Å². The van der Waals surface area contributed by atoms with Crippen LogP contribution in [0.3, 0.4) is 0 Å². The Balaban J connectivity index is 1.80. The number of benzene rings is 1. The monoisotopic (exact) mass is 295 g/mol. The van der Waals surface area contributed by atoms with Crippen LogP contribution in [0.2, 0.25) is 0 Å². The largest absolute Gasteiger partial charge is 0.479 e. The van der Waals surface area contributed by atoms with E-state index in [-0.39, 0.29) is 17.8 Å². The van der Waals surface area contributed by atoms with E-state index in [4.69, 9.17) is 9.47 Å². The van der Waals surface area contributed by atoms with Crippen molar-refractivity contribution in [3.8, 4) is 5.75 Å². The van der Waals surface area contributed by atoms with Crippen LogP contribution in [0.5, 0.6) is 5.75 Å². The van der Waals surface area contributed by atoms with E-state index in [0.717, 1.165) is 12.8 Å². The van der Waals surface area contributed by atoms with E-state index >= 15 is 0 Å². The van der Waals surface area contributed by atoms with Crippen molar-refractivity contribution in [1.82, 2.24) is 5.32 Å². The summed E-state index contributed by atoms with van der Waals surface area (Å²) in [6.45, 7) is 3.03. The summed E-state index contributed by atoms with van der Waals surface area (Å²) in [6, 6.07) is 5.52. The van der Waals surface area contributed by atoms with E-state index in [1.807, 2.05) is 0 Å². The van der Waals surface area contributed by atoms with Gasteiger partial charge in [0.05, 0.1) is 0 Å². The van der Waals surface area contributed by atoms with Gasteiger partial charge >= 0.3 is 5.97 Å². The molecule has 6 heteroatoms. The third kappa shape index (κ3) is 4.73. The highest BCUT2D eigenvalue weighted by Crippen LogP contribution is 2.19. The van der Waals surface area contributed by atoms with Gasteiger partial charge in [-0.15, -0.1) is 0 Å². The lowest BCUT2D eigenvalue weighted by Gasteiger charge is -2.17. The minimum atomic E-state index is -0.883. The summed E-state index contributed by atoms with van der Waals surface area (Å²) in [7, 11) is 0. The number of ether oxygens (including phenoxy) is 2. The number of carbonyl (C=O) groups is 2. The summed E-state index contributed by atoms with van der Waals surface area (Å²) in [5.41, 5.74) is 0. The summed E-state index contributed by atoms with van der Waals surface area (Å²) >= 11 is 0. The molecule has 5 nitrogen and oxygen atoms in total. The van der Waals surface area contributed by atoms with Crippen LogP contribution >= 0.6 is 0 Å². The second kappa shape index (κ2) is 6.56. The summed E-state index contributed by atoms with van der Waals surface area (Å²) in [6.07, 6.45) is 0.191. The van der Waals surface area contributed by atoms with Crippen molar-refractivity contribution in [3.63, 3.8) is 0 Å². The number of carbonyl (C=O) groups excluding carboxylic acids is 2. The quantitative estimate of drug-likeness (QED) is 0.813. The van der Waals surface area contributed by atoms with Gasteiger partial charge in [-0.3, -0.25) is 4.79 Å². The highest BCUT2D eigenvalue weighted by molar-refractivity contribution is 5.84.